The topological polar surface area (TPSA) is 201 Å². The van der Waals surface area contributed by atoms with Crippen molar-refractivity contribution >= 4 is 55.9 Å². The zero-order valence-electron chi connectivity index (χ0n) is 38.0. The molecule has 5 heterocycles. The van der Waals surface area contributed by atoms with Crippen molar-refractivity contribution < 1.29 is 28.7 Å². The van der Waals surface area contributed by atoms with Crippen LogP contribution >= 0.6 is 11.3 Å². The molecule has 0 unspecified atom stereocenters. The van der Waals surface area contributed by atoms with E-state index in [9.17, 15) is 24.4 Å². The fourth-order valence-corrected chi connectivity index (χ4v) is 9.62. The number of thiazole rings is 1. The average molecular weight is 899 g/mol. The molecule has 0 aliphatic carbocycles. The highest BCUT2D eigenvalue weighted by Crippen LogP contribution is 2.42. The predicted octanol–water partition coefficient (Wildman–Crippen LogP) is 4.39. The first kappa shape index (κ1) is 47.3. The average Bonchev–Trinajstić information content (AvgIpc) is 3.85. The second kappa shape index (κ2) is 19.7. The molecule has 6 rings (SSSR count). The molecular weight excluding hydrogens is 837 g/mol. The minimum absolute atomic E-state index is 0.0708. The molecule has 2 saturated heterocycles. The minimum atomic E-state index is -1.10. The molecule has 1 aromatic carbocycles. The van der Waals surface area contributed by atoms with Crippen LogP contribution in [0.3, 0.4) is 0 Å². The number of likely N-dealkylation sites (N-methyl/N-ethyl adjacent to an activating group) is 1. The number of carbonyl (C=O) groups is 4. The fourth-order valence-electron chi connectivity index (χ4n) is 8.62. The molecular formula is C45H62N10O6SSi. The first-order chi connectivity index (χ1) is 29.9. The lowest BCUT2D eigenvalue weighted by atomic mass is 9.84. The predicted molar refractivity (Wildman–Crippen MR) is 247 cm³/mol. The minimum Gasteiger partial charge on any atom is -0.470 e. The van der Waals surface area contributed by atoms with E-state index in [0.717, 1.165) is 57.5 Å². The van der Waals surface area contributed by atoms with Crippen LogP contribution < -0.4 is 16.5 Å². The van der Waals surface area contributed by atoms with Gasteiger partial charge in [0.2, 0.25) is 5.91 Å². The van der Waals surface area contributed by atoms with Crippen LogP contribution in [-0.4, -0.2) is 128 Å². The van der Waals surface area contributed by atoms with Gasteiger partial charge in [0, 0.05) is 79.2 Å². The van der Waals surface area contributed by atoms with Gasteiger partial charge in [0.05, 0.1) is 54.0 Å². The molecule has 0 radical (unpaired) electrons. The lowest BCUT2D eigenvalue weighted by Gasteiger charge is -2.45. The molecule has 4 amide bonds. The molecule has 0 saturated carbocycles. The van der Waals surface area contributed by atoms with Crippen molar-refractivity contribution in [2.75, 3.05) is 46.9 Å². The van der Waals surface area contributed by atoms with Gasteiger partial charge in [0.25, 0.3) is 11.5 Å². The Balaban J connectivity index is 1.34. The lowest BCUT2D eigenvalue weighted by molar-refractivity contribution is -0.141. The van der Waals surface area contributed by atoms with Gasteiger partial charge in [0.1, 0.15) is 27.9 Å². The number of fused-ring (bicyclic) bond motifs is 1. The number of pyridine rings is 1. The van der Waals surface area contributed by atoms with Crippen LogP contribution in [0.4, 0.5) is 9.59 Å². The van der Waals surface area contributed by atoms with Gasteiger partial charge in [-0.1, -0.05) is 33.8 Å². The Hall–Kier alpha value is -5.19. The molecule has 4 N–H and O–H groups in total. The van der Waals surface area contributed by atoms with Crippen molar-refractivity contribution in [3.63, 3.8) is 0 Å². The summed E-state index contributed by atoms with van der Waals surface area (Å²) in [6, 6.07) is 10.1. The number of nitrogens with two attached hydrogens (primary N) is 1. The summed E-state index contributed by atoms with van der Waals surface area (Å²) in [6.45, 7) is 14.3. The molecule has 0 bridgehead atoms. The van der Waals surface area contributed by atoms with Gasteiger partial charge in [-0.25, -0.2) is 15.2 Å². The van der Waals surface area contributed by atoms with Crippen LogP contribution in [0.15, 0.2) is 41.9 Å². The Morgan fingerprint density at radius 3 is 2.56 bits per heavy atom. The molecule has 16 nitrogen and oxygen atoms in total. The first-order valence-electron chi connectivity index (χ1n) is 21.7. The Morgan fingerprint density at radius 1 is 1.17 bits per heavy atom. The van der Waals surface area contributed by atoms with Crippen molar-refractivity contribution in [3.8, 4) is 28.6 Å². The van der Waals surface area contributed by atoms with Gasteiger partial charge >= 0.3 is 6.03 Å². The summed E-state index contributed by atoms with van der Waals surface area (Å²) in [7, 11) is 3.55. The maximum absolute atomic E-state index is 14.2. The van der Waals surface area contributed by atoms with Gasteiger partial charge in [-0.15, -0.1) is 11.3 Å². The number of urea groups is 1. The number of aryl methyl sites for hydroxylation is 1. The number of carbonyl (C=O) groups excluding carboxylic acids is 4. The number of nitrogens with one attached hydrogen (secondary N) is 2. The number of nitriles is 1. The summed E-state index contributed by atoms with van der Waals surface area (Å²) in [5.74, 6) is -1.03. The summed E-state index contributed by atoms with van der Waals surface area (Å²) in [6.07, 6.45) is 4.04. The number of nitrogens with zero attached hydrogens (tertiary/aromatic N) is 7. The van der Waals surface area contributed by atoms with E-state index < -0.39 is 35.0 Å². The van der Waals surface area contributed by atoms with Crippen molar-refractivity contribution in [1.82, 2.24) is 40.1 Å². The van der Waals surface area contributed by atoms with E-state index in [4.69, 9.17) is 25.2 Å². The van der Waals surface area contributed by atoms with Crippen LogP contribution in [0.5, 0.6) is 0 Å². The lowest BCUT2D eigenvalue weighted by Crippen LogP contribution is -2.70. The maximum atomic E-state index is 14.2. The number of hydrogen-bond donors (Lipinski definition) is 3. The number of benzene rings is 1. The Labute approximate surface area is 376 Å². The fraction of sp³-hybridized carbons (Fsp3) is 0.533. The summed E-state index contributed by atoms with van der Waals surface area (Å²) in [5.41, 5.74) is 14.1. The molecule has 18 heteroatoms. The molecule has 338 valence electrons. The van der Waals surface area contributed by atoms with Gasteiger partial charge in [0.15, 0.2) is 0 Å². The van der Waals surface area contributed by atoms with Gasteiger partial charge in [-0.2, -0.15) is 5.26 Å². The third kappa shape index (κ3) is 10.4. The number of amides is 4. The highest BCUT2D eigenvalue weighted by Gasteiger charge is 2.45. The Morgan fingerprint density at radius 2 is 1.92 bits per heavy atom. The molecule has 3 atom stereocenters. The number of likely N-dealkylation sites (tertiary alicyclic amines) is 1. The molecule has 3 aromatic heterocycles. The highest BCUT2D eigenvalue weighted by atomic mass is 32.1. The Kier molecular flexibility index (Phi) is 14.8. The molecule has 2 aliphatic rings. The van der Waals surface area contributed by atoms with Crippen molar-refractivity contribution in [1.29, 1.82) is 5.26 Å². The van der Waals surface area contributed by atoms with Crippen LogP contribution in [0, 0.1) is 22.7 Å². The van der Waals surface area contributed by atoms with E-state index in [0.29, 0.717) is 41.3 Å². The number of hydrogen-bond acceptors (Lipinski definition) is 12. The second-order valence-electron chi connectivity index (χ2n) is 17.9. The summed E-state index contributed by atoms with van der Waals surface area (Å²) in [5, 5.41) is 17.6. The van der Waals surface area contributed by atoms with Gasteiger partial charge in [-0.05, 0) is 68.9 Å². The van der Waals surface area contributed by atoms with E-state index in [1.54, 1.807) is 25.4 Å². The smallest absolute Gasteiger partial charge is 0.320 e. The zero-order chi connectivity index (χ0) is 45.8. The first-order valence-corrected chi connectivity index (χ1v) is 23.6. The molecule has 2 aliphatic heterocycles. The Bertz CT molecular complexity index is 2360. The summed E-state index contributed by atoms with van der Waals surface area (Å²) >= 11 is 1.42. The quantitative estimate of drug-likeness (QED) is 0.135. The monoisotopic (exact) mass is 898 g/mol. The van der Waals surface area contributed by atoms with Crippen molar-refractivity contribution in [3.05, 3.63) is 58.2 Å². The van der Waals surface area contributed by atoms with Crippen LogP contribution in [0.1, 0.15) is 76.8 Å². The van der Waals surface area contributed by atoms with E-state index in [-0.39, 0.29) is 49.6 Å². The van der Waals surface area contributed by atoms with Crippen LogP contribution in [-0.2, 0) is 38.4 Å². The molecule has 63 heavy (non-hydrogen) atoms. The number of rotatable bonds is 16. The largest absolute Gasteiger partial charge is 0.470 e. The molecule has 0 spiro atoms. The number of ether oxygens (including phenoxy) is 2. The SMILES string of the molecule is CCn1c(-c2cccnc2[C@H](C)OC)c(CC(C)(C)COC(=O)[SiH3])c2cc(-c3csc(C[C@H](NC(=O)[C@H](C(C)C)N(C)C(=O)N4CC(N)(C#N)C4)C(=O)N4CCCCN4)n3)ccc21. The van der Waals surface area contributed by atoms with E-state index in [2.05, 4.69) is 60.3 Å². The number of hydrazine groups is 1. The number of aromatic nitrogens is 3. The molecule has 2 fully saturated rings. The second-order valence-corrected chi connectivity index (χ2v) is 19.7. The normalized spacial score (nSPS) is 16.6. The zero-order valence-corrected chi connectivity index (χ0v) is 40.8. The standard InChI is InChI=1S/C45H62N10O6SSi/c1-9-54-35-15-14-29(19-31(35)32(21-44(5,6)26-61-43(59)63)39(54)30-13-12-16-48-37(30)28(4)60-8)34-22-62-36(50-34)20-33(41(57)55-18-11-10-17-49-55)51-40(56)38(27(2)3)52(7)42(58)53-24-45(47,23-46)25-53/h12-16,19,22,27-28,33,38,49H,9-11,17-18,20-21,24-26,47H2,1-8,63H3,(H,51,56)/t28-,33-,38-/m0/s1. The van der Waals surface area contributed by atoms with Crippen LogP contribution in [0.2, 0.25) is 0 Å². The summed E-state index contributed by atoms with van der Waals surface area (Å²) < 4.78 is 13.7. The summed E-state index contributed by atoms with van der Waals surface area (Å²) in [4.78, 5) is 66.4. The maximum Gasteiger partial charge on any atom is 0.320 e. The van der Waals surface area contributed by atoms with Crippen molar-refractivity contribution in [2.24, 2.45) is 17.1 Å². The van der Waals surface area contributed by atoms with Gasteiger partial charge < -0.3 is 34.9 Å². The third-order valence-corrected chi connectivity index (χ3v) is 13.1. The number of methoxy groups -OCH3 is 1. The van der Waals surface area contributed by atoms with E-state index in [1.165, 1.54) is 21.1 Å². The third-order valence-electron chi connectivity index (χ3n) is 11.9. The van der Waals surface area contributed by atoms with Crippen molar-refractivity contribution in [2.45, 2.75) is 97.5 Å². The molecule has 4 aromatic rings. The highest BCUT2D eigenvalue weighted by molar-refractivity contribution is 7.10. The van der Waals surface area contributed by atoms with E-state index in [1.807, 2.05) is 38.3 Å². The van der Waals surface area contributed by atoms with E-state index >= 15 is 0 Å². The van der Waals surface area contributed by atoms with Gasteiger partial charge in [-0.3, -0.25) is 24.4 Å². The van der Waals surface area contributed by atoms with Crippen LogP contribution in [0.25, 0.3) is 33.4 Å².